The van der Waals surface area contributed by atoms with E-state index >= 15 is 0 Å². The van der Waals surface area contributed by atoms with Crippen molar-refractivity contribution in [1.29, 1.82) is 0 Å². The van der Waals surface area contributed by atoms with Gasteiger partial charge in [-0.1, -0.05) is 0 Å². The van der Waals surface area contributed by atoms with Gasteiger partial charge < -0.3 is 0 Å². The Labute approximate surface area is 194 Å². The van der Waals surface area contributed by atoms with Crippen molar-refractivity contribution < 1.29 is 36.2 Å². The molecule has 0 amide bonds. The monoisotopic (exact) mass is 622 g/mol. The third-order valence-corrected chi connectivity index (χ3v) is 17.2. The van der Waals surface area contributed by atoms with Gasteiger partial charge in [0.2, 0.25) is 0 Å². The van der Waals surface area contributed by atoms with Gasteiger partial charge >= 0.3 is 194 Å². The first-order valence-electron chi connectivity index (χ1n) is 12.1. The molecule has 0 heterocycles. The number of hydrogen-bond acceptors (Lipinski definition) is 6. The summed E-state index contributed by atoms with van der Waals surface area (Å²) < 4.78 is 40.3. The van der Waals surface area contributed by atoms with Crippen LogP contribution in [0.5, 0.6) is 0 Å². The Balaban J connectivity index is 6.91. The maximum absolute atomic E-state index is 6.71. The molecule has 0 aromatic carbocycles. The normalized spacial score (nSPS) is 15.7. The van der Waals surface area contributed by atoms with Gasteiger partial charge in [0.15, 0.2) is 0 Å². The van der Waals surface area contributed by atoms with Gasteiger partial charge in [-0.2, -0.15) is 0 Å². The Hall–Kier alpha value is 0.448. The predicted octanol–water partition coefficient (Wildman–Crippen LogP) is 6.74. The van der Waals surface area contributed by atoms with Crippen molar-refractivity contribution in [3.05, 3.63) is 0 Å². The minimum absolute atomic E-state index is 0.223. The van der Waals surface area contributed by atoms with E-state index in [1.54, 1.807) is 0 Å². The minimum atomic E-state index is -6.59. The zero-order chi connectivity index (χ0) is 24.4. The van der Waals surface area contributed by atoms with Gasteiger partial charge in [0.05, 0.1) is 0 Å². The van der Waals surface area contributed by atoms with Gasteiger partial charge in [-0.15, -0.1) is 0 Å². The molecule has 0 rings (SSSR count). The predicted molar refractivity (Wildman–Crippen MR) is 125 cm³/mol. The van der Waals surface area contributed by atoms with E-state index < -0.39 is 15.8 Å². The third-order valence-electron chi connectivity index (χ3n) is 3.85. The van der Waals surface area contributed by atoms with Crippen molar-refractivity contribution >= 4 is 0 Å². The molecule has 0 saturated carbocycles. The summed E-state index contributed by atoms with van der Waals surface area (Å²) >= 11 is -6.59. The van der Waals surface area contributed by atoms with Gasteiger partial charge in [0.25, 0.3) is 0 Å². The average Bonchev–Trinajstić information content (AvgIpc) is 2.66. The Morgan fingerprint density at radius 2 is 0.452 bits per heavy atom. The van der Waals surface area contributed by atoms with Gasteiger partial charge in [0, 0.05) is 0 Å². The van der Waals surface area contributed by atoms with Crippen LogP contribution in [0, 0.1) is 35.5 Å². The Kier molecular flexibility index (Phi) is 13.0. The molecule has 6 nitrogen and oxygen atoms in total. The molecule has 0 saturated heterocycles. The van der Waals surface area contributed by atoms with Crippen molar-refractivity contribution in [3.63, 3.8) is 0 Å². The second-order valence-electron chi connectivity index (χ2n) is 11.1. The first-order chi connectivity index (χ1) is 14.1. The summed E-state index contributed by atoms with van der Waals surface area (Å²) in [5.74, 6) is 1.34. The fourth-order valence-corrected chi connectivity index (χ4v) is 17.7. The van der Waals surface area contributed by atoms with Crippen molar-refractivity contribution in [2.45, 2.75) is 83.1 Å². The van der Waals surface area contributed by atoms with Crippen LogP contribution in [-0.4, -0.2) is 39.6 Å². The Morgan fingerprint density at radius 1 is 0.323 bits per heavy atom. The molecule has 0 aliphatic heterocycles. The van der Waals surface area contributed by atoms with Crippen molar-refractivity contribution in [1.82, 2.24) is 0 Å². The van der Waals surface area contributed by atoms with E-state index in [4.69, 9.17) is 20.3 Å². The second kappa shape index (κ2) is 12.8. The van der Waals surface area contributed by atoms with Crippen molar-refractivity contribution in [3.8, 4) is 0 Å². The van der Waals surface area contributed by atoms with Crippen LogP contribution in [0.3, 0.4) is 0 Å². The summed E-state index contributed by atoms with van der Waals surface area (Å²) in [6.07, 6.45) is 0. The summed E-state index contributed by atoms with van der Waals surface area (Å²) in [6, 6.07) is 0. The maximum atomic E-state index is 6.71. The topological polar surface area (TPSA) is 55.4 Å². The molecule has 0 unspecified atom stereocenters. The van der Waals surface area contributed by atoms with Gasteiger partial charge in [0.1, 0.15) is 0 Å². The molecule has 0 atom stereocenters. The molecule has 192 valence electrons. The molecule has 7 heteroatoms. The molecule has 0 bridgehead atoms. The van der Waals surface area contributed by atoms with Crippen molar-refractivity contribution in [2.24, 2.45) is 35.5 Å². The SMILES string of the molecule is CC(C)C[O][W]([O]CC(C)C)([O]CC(C)C)([O]CC(C)C)([O]CC(C)C)[O]CC(C)C. The quantitative estimate of drug-likeness (QED) is 0.169. The van der Waals surface area contributed by atoms with E-state index in [2.05, 4.69) is 83.1 Å². The standard InChI is InChI=1S/6C4H9O.W/c6*1-4(2)3-5;/h6*4H,3H2,1-2H3;/q6*-1;+6. The van der Waals surface area contributed by atoms with Crippen LogP contribution >= 0.6 is 0 Å². The van der Waals surface area contributed by atoms with Gasteiger partial charge in [-0.05, 0) is 0 Å². The summed E-state index contributed by atoms with van der Waals surface area (Å²) in [7, 11) is 0. The molecular formula is C24H54O6W. The Morgan fingerprint density at radius 3 is 0.548 bits per heavy atom. The van der Waals surface area contributed by atoms with E-state index in [0.717, 1.165) is 0 Å². The molecule has 0 radical (unpaired) electrons. The zero-order valence-corrected chi connectivity index (χ0v) is 25.5. The fourth-order valence-electron chi connectivity index (χ4n) is 2.16. The Bertz CT molecular complexity index is 374. The van der Waals surface area contributed by atoms with Crippen LogP contribution in [0.25, 0.3) is 0 Å². The molecule has 0 aromatic heterocycles. The third kappa shape index (κ3) is 10.5. The summed E-state index contributed by atoms with van der Waals surface area (Å²) in [4.78, 5) is 0. The van der Waals surface area contributed by atoms with Crippen LogP contribution in [0.15, 0.2) is 0 Å². The van der Waals surface area contributed by atoms with Gasteiger partial charge in [-0.25, -0.2) is 0 Å². The molecule has 0 aliphatic carbocycles. The zero-order valence-electron chi connectivity index (χ0n) is 22.6. The average molecular weight is 623 g/mol. The molecule has 0 N–H and O–H groups in total. The summed E-state index contributed by atoms with van der Waals surface area (Å²) in [5.41, 5.74) is 0. The van der Waals surface area contributed by atoms with Crippen LogP contribution in [-0.2, 0) is 36.2 Å². The van der Waals surface area contributed by atoms with Crippen LogP contribution < -0.4 is 0 Å². The van der Waals surface area contributed by atoms with Gasteiger partial charge in [-0.3, -0.25) is 0 Å². The summed E-state index contributed by atoms with van der Waals surface area (Å²) in [5, 5.41) is 0. The number of rotatable bonds is 18. The summed E-state index contributed by atoms with van der Waals surface area (Å²) in [6.45, 7) is 27.3. The van der Waals surface area contributed by atoms with E-state index in [9.17, 15) is 0 Å². The molecule has 0 spiro atoms. The van der Waals surface area contributed by atoms with E-state index in [1.165, 1.54) is 0 Å². The first kappa shape index (κ1) is 31.4. The van der Waals surface area contributed by atoms with Crippen LogP contribution in [0.1, 0.15) is 83.1 Å². The van der Waals surface area contributed by atoms with Crippen molar-refractivity contribution in [2.75, 3.05) is 39.6 Å². The number of hydrogen-bond donors (Lipinski definition) is 0. The molecular weight excluding hydrogens is 568 g/mol. The molecule has 0 aliphatic rings. The molecule has 0 aromatic rings. The fraction of sp³-hybridized carbons (Fsp3) is 1.00. The second-order valence-corrected chi connectivity index (χ2v) is 23.5. The van der Waals surface area contributed by atoms with E-state index in [1.807, 2.05) is 0 Å². The first-order valence-corrected chi connectivity index (χ1v) is 19.3. The van der Waals surface area contributed by atoms with E-state index in [-0.39, 0.29) is 35.5 Å². The van der Waals surface area contributed by atoms with E-state index in [0.29, 0.717) is 39.6 Å². The van der Waals surface area contributed by atoms with Crippen LogP contribution in [0.2, 0.25) is 0 Å². The molecule has 0 fully saturated rings. The van der Waals surface area contributed by atoms with Crippen LogP contribution in [0.4, 0.5) is 0 Å². The molecule has 31 heavy (non-hydrogen) atoms.